The van der Waals surface area contributed by atoms with Crippen LogP contribution in [0.3, 0.4) is 0 Å². The molecule has 0 aliphatic rings. The summed E-state index contributed by atoms with van der Waals surface area (Å²) in [5.41, 5.74) is 0.964. The number of rotatable bonds is 5. The molecule has 0 aliphatic carbocycles. The summed E-state index contributed by atoms with van der Waals surface area (Å²) < 4.78 is 0. The predicted molar refractivity (Wildman–Crippen MR) is 58.7 cm³/mol. The molecule has 0 aromatic heterocycles. The highest BCUT2D eigenvalue weighted by Crippen LogP contribution is 2.23. The predicted octanol–water partition coefficient (Wildman–Crippen LogP) is 2.35. The second-order valence-electron chi connectivity index (χ2n) is 3.63. The second-order valence-corrected chi connectivity index (χ2v) is 3.63. The van der Waals surface area contributed by atoms with Crippen molar-refractivity contribution in [3.63, 3.8) is 0 Å². The van der Waals surface area contributed by atoms with Gasteiger partial charge in [0.25, 0.3) is 0 Å². The van der Waals surface area contributed by atoms with Crippen LogP contribution in [-0.2, 0) is 4.79 Å². The highest BCUT2D eigenvalue weighted by atomic mass is 16.4. The van der Waals surface area contributed by atoms with Gasteiger partial charge in [-0.2, -0.15) is 0 Å². The maximum absolute atomic E-state index is 10.8. The molecule has 0 saturated carbocycles. The molecule has 1 aromatic rings. The SMILES string of the molecule is CCC(CC(=O)O)c1cccc(C(=O)O)c1. The van der Waals surface area contributed by atoms with Crippen molar-refractivity contribution in [1.29, 1.82) is 0 Å². The summed E-state index contributed by atoms with van der Waals surface area (Å²) in [6.45, 7) is 1.89. The molecule has 0 saturated heterocycles. The zero-order chi connectivity index (χ0) is 12.1. The number of hydrogen-bond donors (Lipinski definition) is 2. The van der Waals surface area contributed by atoms with Gasteiger partial charge in [0.1, 0.15) is 0 Å². The third-order valence-corrected chi connectivity index (χ3v) is 2.52. The average molecular weight is 222 g/mol. The van der Waals surface area contributed by atoms with Gasteiger partial charge in [0.2, 0.25) is 0 Å². The van der Waals surface area contributed by atoms with Crippen molar-refractivity contribution in [2.45, 2.75) is 25.7 Å². The number of aliphatic carboxylic acids is 1. The van der Waals surface area contributed by atoms with E-state index in [1.165, 1.54) is 6.07 Å². The van der Waals surface area contributed by atoms with E-state index in [9.17, 15) is 9.59 Å². The molecule has 1 rings (SSSR count). The monoisotopic (exact) mass is 222 g/mol. The van der Waals surface area contributed by atoms with Gasteiger partial charge in [-0.25, -0.2) is 4.79 Å². The van der Waals surface area contributed by atoms with Gasteiger partial charge in [-0.05, 0) is 30.0 Å². The molecule has 0 spiro atoms. The van der Waals surface area contributed by atoms with Gasteiger partial charge in [0.05, 0.1) is 12.0 Å². The lowest BCUT2D eigenvalue weighted by Crippen LogP contribution is -2.06. The molecule has 1 aromatic carbocycles. The maximum atomic E-state index is 10.8. The molecule has 4 heteroatoms. The van der Waals surface area contributed by atoms with Gasteiger partial charge in [-0.3, -0.25) is 4.79 Å². The lowest BCUT2D eigenvalue weighted by atomic mass is 9.92. The molecule has 2 N–H and O–H groups in total. The Bertz CT molecular complexity index is 398. The lowest BCUT2D eigenvalue weighted by molar-refractivity contribution is -0.137. The Morgan fingerprint density at radius 3 is 2.50 bits per heavy atom. The first-order valence-electron chi connectivity index (χ1n) is 5.09. The standard InChI is InChI=1S/C12H14O4/c1-2-8(7-11(13)14)9-4-3-5-10(6-9)12(15)16/h3-6,8H,2,7H2,1H3,(H,13,14)(H,15,16). The van der Waals surface area contributed by atoms with Gasteiger partial charge in [-0.1, -0.05) is 19.1 Å². The van der Waals surface area contributed by atoms with Crippen LogP contribution in [0, 0.1) is 0 Å². The summed E-state index contributed by atoms with van der Waals surface area (Å²) in [6.07, 6.45) is 0.703. The molecule has 0 heterocycles. The first kappa shape index (κ1) is 12.2. The average Bonchev–Trinajstić information content (AvgIpc) is 2.25. The molecule has 1 unspecified atom stereocenters. The van der Waals surface area contributed by atoms with E-state index in [1.807, 2.05) is 6.92 Å². The number of benzene rings is 1. The maximum Gasteiger partial charge on any atom is 0.335 e. The normalized spacial score (nSPS) is 12.1. The summed E-state index contributed by atoms with van der Waals surface area (Å²) in [7, 11) is 0. The largest absolute Gasteiger partial charge is 0.481 e. The summed E-state index contributed by atoms with van der Waals surface area (Å²) in [5, 5.41) is 17.6. The van der Waals surface area contributed by atoms with E-state index in [-0.39, 0.29) is 17.9 Å². The molecule has 0 fully saturated rings. The number of hydrogen-bond acceptors (Lipinski definition) is 2. The number of carbonyl (C=O) groups is 2. The fraction of sp³-hybridized carbons (Fsp3) is 0.333. The van der Waals surface area contributed by atoms with Crippen LogP contribution in [-0.4, -0.2) is 22.2 Å². The minimum Gasteiger partial charge on any atom is -0.481 e. The highest BCUT2D eigenvalue weighted by molar-refractivity contribution is 5.87. The van der Waals surface area contributed by atoms with E-state index in [2.05, 4.69) is 0 Å². The van der Waals surface area contributed by atoms with Crippen LogP contribution < -0.4 is 0 Å². The van der Waals surface area contributed by atoms with E-state index < -0.39 is 11.9 Å². The topological polar surface area (TPSA) is 74.6 Å². The van der Waals surface area contributed by atoms with Crippen LogP contribution in [0.2, 0.25) is 0 Å². The highest BCUT2D eigenvalue weighted by Gasteiger charge is 2.14. The van der Waals surface area contributed by atoms with E-state index >= 15 is 0 Å². The first-order chi connectivity index (χ1) is 7.54. The van der Waals surface area contributed by atoms with Crippen LogP contribution in [0.4, 0.5) is 0 Å². The van der Waals surface area contributed by atoms with Crippen LogP contribution in [0.5, 0.6) is 0 Å². The minimum absolute atomic E-state index is 0.0274. The number of carboxylic acids is 2. The smallest absolute Gasteiger partial charge is 0.335 e. The number of aromatic carboxylic acids is 1. The Kier molecular flexibility index (Phi) is 4.05. The fourth-order valence-corrected chi connectivity index (χ4v) is 1.63. The molecule has 0 radical (unpaired) electrons. The van der Waals surface area contributed by atoms with Crippen molar-refractivity contribution in [3.05, 3.63) is 35.4 Å². The molecule has 1 atom stereocenters. The Labute approximate surface area is 93.5 Å². The van der Waals surface area contributed by atoms with Crippen molar-refractivity contribution < 1.29 is 19.8 Å². The van der Waals surface area contributed by atoms with Gasteiger partial charge < -0.3 is 10.2 Å². The van der Waals surface area contributed by atoms with Gasteiger partial charge >= 0.3 is 11.9 Å². The zero-order valence-electron chi connectivity index (χ0n) is 9.01. The Morgan fingerprint density at radius 2 is 2.00 bits per heavy atom. The molecule has 0 amide bonds. The first-order valence-corrected chi connectivity index (χ1v) is 5.09. The molecule has 0 bridgehead atoms. The van der Waals surface area contributed by atoms with Crippen LogP contribution in [0.1, 0.15) is 41.6 Å². The van der Waals surface area contributed by atoms with Gasteiger partial charge in [0, 0.05) is 0 Å². The van der Waals surface area contributed by atoms with E-state index in [0.29, 0.717) is 6.42 Å². The van der Waals surface area contributed by atoms with Gasteiger partial charge in [-0.15, -0.1) is 0 Å². The summed E-state index contributed by atoms with van der Waals surface area (Å²) in [4.78, 5) is 21.4. The number of carboxylic acid groups (broad SMARTS) is 2. The van der Waals surface area contributed by atoms with Crippen LogP contribution in [0.25, 0.3) is 0 Å². The quantitative estimate of drug-likeness (QED) is 0.801. The van der Waals surface area contributed by atoms with Crippen LogP contribution >= 0.6 is 0 Å². The minimum atomic E-state index is -0.993. The third kappa shape index (κ3) is 3.08. The fourth-order valence-electron chi connectivity index (χ4n) is 1.63. The van der Waals surface area contributed by atoms with E-state index in [4.69, 9.17) is 10.2 Å². The van der Waals surface area contributed by atoms with Crippen LogP contribution in [0.15, 0.2) is 24.3 Å². The van der Waals surface area contributed by atoms with Crippen molar-refractivity contribution in [2.24, 2.45) is 0 Å². The zero-order valence-corrected chi connectivity index (χ0v) is 9.01. The Morgan fingerprint density at radius 1 is 1.31 bits per heavy atom. The molecule has 86 valence electrons. The third-order valence-electron chi connectivity index (χ3n) is 2.52. The van der Waals surface area contributed by atoms with E-state index in [0.717, 1.165) is 5.56 Å². The lowest BCUT2D eigenvalue weighted by Gasteiger charge is -2.13. The second kappa shape index (κ2) is 5.30. The molecular formula is C12H14O4. The van der Waals surface area contributed by atoms with Crippen molar-refractivity contribution in [3.8, 4) is 0 Å². The summed E-state index contributed by atoms with van der Waals surface area (Å²) >= 11 is 0. The molecular weight excluding hydrogens is 208 g/mol. The molecule has 4 nitrogen and oxygen atoms in total. The Hall–Kier alpha value is -1.84. The van der Waals surface area contributed by atoms with Gasteiger partial charge in [0.15, 0.2) is 0 Å². The Balaban J connectivity index is 2.96. The van der Waals surface area contributed by atoms with Crippen molar-refractivity contribution in [2.75, 3.05) is 0 Å². The molecule has 0 aliphatic heterocycles. The van der Waals surface area contributed by atoms with E-state index in [1.54, 1.807) is 18.2 Å². The summed E-state index contributed by atoms with van der Waals surface area (Å²) in [5.74, 6) is -1.99. The molecule has 16 heavy (non-hydrogen) atoms. The summed E-state index contributed by atoms with van der Waals surface area (Å²) in [6, 6.07) is 6.45. The van der Waals surface area contributed by atoms with Crippen molar-refractivity contribution >= 4 is 11.9 Å². The van der Waals surface area contributed by atoms with Crippen molar-refractivity contribution in [1.82, 2.24) is 0 Å².